The lowest BCUT2D eigenvalue weighted by Crippen LogP contribution is -2.44. The summed E-state index contributed by atoms with van der Waals surface area (Å²) in [4.78, 5) is 36.6. The van der Waals surface area contributed by atoms with Crippen LogP contribution in [0.1, 0.15) is 25.0 Å². The quantitative estimate of drug-likeness (QED) is 0.745. The maximum absolute atomic E-state index is 12.0. The fourth-order valence-corrected chi connectivity index (χ4v) is 2.06. The number of benzene rings is 1. The molecule has 0 bridgehead atoms. The number of hydrogen-bond donors (Lipinski definition) is 2. The maximum atomic E-state index is 12.0. The minimum atomic E-state index is -0.775. The second-order valence-corrected chi connectivity index (χ2v) is 5.28. The van der Waals surface area contributed by atoms with Gasteiger partial charge in [-0.05, 0) is 31.5 Å². The van der Waals surface area contributed by atoms with E-state index in [9.17, 15) is 14.4 Å². The Morgan fingerprint density at radius 1 is 1.08 bits per heavy atom. The van der Waals surface area contributed by atoms with Gasteiger partial charge in [-0.25, -0.2) is 4.79 Å². The van der Waals surface area contributed by atoms with Gasteiger partial charge in [0.2, 0.25) is 11.8 Å². The first-order chi connectivity index (χ1) is 11.5. The van der Waals surface area contributed by atoms with Crippen LogP contribution in [0.2, 0.25) is 0 Å². The van der Waals surface area contributed by atoms with E-state index in [-0.39, 0.29) is 25.6 Å². The number of nitrogens with one attached hydrogen (secondary N) is 2. The lowest BCUT2D eigenvalue weighted by molar-refractivity contribution is -0.124. The molecule has 1 rings (SSSR count). The van der Waals surface area contributed by atoms with Gasteiger partial charge in [-0.2, -0.15) is 0 Å². The van der Waals surface area contributed by atoms with Gasteiger partial charge in [-0.15, -0.1) is 0 Å². The average molecular weight is 335 g/mol. The molecule has 1 aromatic rings. The lowest BCUT2D eigenvalue weighted by atomic mass is 10.1. The van der Waals surface area contributed by atoms with Gasteiger partial charge in [0.05, 0.1) is 19.7 Å². The first-order valence-electron chi connectivity index (χ1n) is 7.96. The third-order valence-corrected chi connectivity index (χ3v) is 3.44. The highest BCUT2D eigenvalue weighted by atomic mass is 16.5. The number of alkyl carbamates (subject to hydrolysis) is 1. The molecule has 1 aromatic carbocycles. The Morgan fingerprint density at radius 2 is 1.75 bits per heavy atom. The van der Waals surface area contributed by atoms with Crippen molar-refractivity contribution in [3.05, 3.63) is 35.4 Å². The van der Waals surface area contributed by atoms with Crippen LogP contribution in [-0.2, 0) is 20.9 Å². The molecule has 2 N–H and O–H groups in total. The van der Waals surface area contributed by atoms with Crippen LogP contribution in [0.5, 0.6) is 0 Å². The van der Waals surface area contributed by atoms with Gasteiger partial charge in [0.1, 0.15) is 0 Å². The van der Waals surface area contributed by atoms with Crippen LogP contribution in [-0.4, -0.2) is 49.0 Å². The number of carbonyl (C=O) groups excluding carboxylic acids is 3. The molecule has 0 aromatic heterocycles. The minimum absolute atomic E-state index is 0.0485. The lowest BCUT2D eigenvalue weighted by Gasteiger charge is -2.19. The number of likely N-dealkylation sites (N-methyl/N-ethyl adjacent to an activating group) is 1. The molecular formula is C17H25N3O4. The van der Waals surface area contributed by atoms with Gasteiger partial charge < -0.3 is 10.1 Å². The molecule has 0 aliphatic heterocycles. The maximum Gasteiger partial charge on any atom is 0.413 e. The molecule has 7 heteroatoms. The van der Waals surface area contributed by atoms with E-state index in [2.05, 4.69) is 15.4 Å². The minimum Gasteiger partial charge on any atom is -0.450 e. The molecule has 0 atom stereocenters. The van der Waals surface area contributed by atoms with Crippen molar-refractivity contribution in [3.8, 4) is 0 Å². The number of imide groups is 1. The number of aryl methyl sites for hydroxylation is 1. The Balaban J connectivity index is 2.41. The van der Waals surface area contributed by atoms with Crippen LogP contribution in [0.25, 0.3) is 0 Å². The molecule has 0 unspecified atom stereocenters. The first kappa shape index (κ1) is 19.6. The molecule has 24 heavy (non-hydrogen) atoms. The highest BCUT2D eigenvalue weighted by molar-refractivity contribution is 5.93. The zero-order valence-corrected chi connectivity index (χ0v) is 14.4. The molecule has 0 saturated heterocycles. The van der Waals surface area contributed by atoms with Crippen LogP contribution >= 0.6 is 0 Å². The summed E-state index contributed by atoms with van der Waals surface area (Å²) in [5.41, 5.74) is 2.16. The smallest absolute Gasteiger partial charge is 0.413 e. The Bertz CT molecular complexity index is 575. The van der Waals surface area contributed by atoms with Gasteiger partial charge in [0.15, 0.2) is 0 Å². The van der Waals surface area contributed by atoms with Crippen LogP contribution in [0, 0.1) is 6.92 Å². The summed E-state index contributed by atoms with van der Waals surface area (Å²) < 4.78 is 4.64. The highest BCUT2D eigenvalue weighted by Crippen LogP contribution is 2.05. The molecule has 0 heterocycles. The largest absolute Gasteiger partial charge is 0.450 e. The first-order valence-corrected chi connectivity index (χ1v) is 7.96. The van der Waals surface area contributed by atoms with Crippen molar-refractivity contribution < 1.29 is 19.1 Å². The number of nitrogens with zero attached hydrogens (tertiary/aromatic N) is 1. The summed E-state index contributed by atoms with van der Waals surface area (Å²) in [6, 6.07) is 7.81. The summed E-state index contributed by atoms with van der Waals surface area (Å²) in [6.07, 6.45) is -0.775. The van der Waals surface area contributed by atoms with Crippen LogP contribution in [0.3, 0.4) is 0 Å². The van der Waals surface area contributed by atoms with Gasteiger partial charge >= 0.3 is 6.09 Å². The summed E-state index contributed by atoms with van der Waals surface area (Å²) in [7, 11) is 0. The topological polar surface area (TPSA) is 87.7 Å². The molecule has 132 valence electrons. The number of ether oxygens (including phenoxy) is 1. The Labute approximate surface area is 142 Å². The normalized spacial score (nSPS) is 10.3. The van der Waals surface area contributed by atoms with Gasteiger partial charge in [-0.1, -0.05) is 31.2 Å². The van der Waals surface area contributed by atoms with E-state index in [4.69, 9.17) is 0 Å². The third kappa shape index (κ3) is 7.23. The fraction of sp³-hybridized carbons (Fsp3) is 0.471. The highest BCUT2D eigenvalue weighted by Gasteiger charge is 2.15. The zero-order valence-electron chi connectivity index (χ0n) is 14.4. The van der Waals surface area contributed by atoms with Crippen molar-refractivity contribution in [2.45, 2.75) is 27.3 Å². The second kappa shape index (κ2) is 10.4. The van der Waals surface area contributed by atoms with Crippen molar-refractivity contribution >= 4 is 17.9 Å². The number of hydrogen-bond acceptors (Lipinski definition) is 5. The Kier molecular flexibility index (Phi) is 8.49. The second-order valence-electron chi connectivity index (χ2n) is 5.28. The van der Waals surface area contributed by atoms with Crippen LogP contribution in [0.15, 0.2) is 24.3 Å². The summed E-state index contributed by atoms with van der Waals surface area (Å²) in [6.45, 7) is 6.66. The van der Waals surface area contributed by atoms with E-state index in [0.717, 1.165) is 11.1 Å². The van der Waals surface area contributed by atoms with Gasteiger partial charge in [-0.3, -0.25) is 19.8 Å². The molecule has 7 nitrogen and oxygen atoms in total. The predicted molar refractivity (Wildman–Crippen MR) is 90.3 cm³/mol. The van der Waals surface area contributed by atoms with Crippen molar-refractivity contribution in [2.24, 2.45) is 0 Å². The number of rotatable bonds is 8. The van der Waals surface area contributed by atoms with Crippen molar-refractivity contribution in [2.75, 3.05) is 26.2 Å². The predicted octanol–water partition coefficient (Wildman–Crippen LogP) is 1.21. The molecular weight excluding hydrogens is 310 g/mol. The van der Waals surface area contributed by atoms with E-state index < -0.39 is 12.0 Å². The zero-order chi connectivity index (χ0) is 17.9. The van der Waals surface area contributed by atoms with Crippen molar-refractivity contribution in [3.63, 3.8) is 0 Å². The van der Waals surface area contributed by atoms with E-state index >= 15 is 0 Å². The van der Waals surface area contributed by atoms with E-state index in [1.807, 2.05) is 38.1 Å². The molecule has 0 fully saturated rings. The standard InChI is InChI=1S/C17H25N3O4/c1-4-20(12-16(22)19-17(23)24-5-2)11-15(21)18-10-14-9-7-6-8-13(14)3/h6-9H,4-5,10-12H2,1-3H3,(H,18,21)(H,19,22,23). The third-order valence-electron chi connectivity index (χ3n) is 3.44. The Hall–Kier alpha value is -2.41. The molecule has 0 radical (unpaired) electrons. The van der Waals surface area contributed by atoms with E-state index in [1.165, 1.54) is 0 Å². The summed E-state index contributed by atoms with van der Waals surface area (Å²) in [5, 5.41) is 4.95. The molecule has 0 spiro atoms. The van der Waals surface area contributed by atoms with Crippen molar-refractivity contribution in [1.82, 2.24) is 15.5 Å². The molecule has 3 amide bonds. The fourth-order valence-electron chi connectivity index (χ4n) is 2.06. The summed E-state index contributed by atoms with van der Waals surface area (Å²) in [5.74, 6) is -0.675. The SMILES string of the molecule is CCOC(=O)NC(=O)CN(CC)CC(=O)NCc1ccccc1C. The molecule has 0 aliphatic carbocycles. The summed E-state index contributed by atoms with van der Waals surface area (Å²) >= 11 is 0. The van der Waals surface area contributed by atoms with E-state index in [0.29, 0.717) is 13.1 Å². The van der Waals surface area contributed by atoms with Gasteiger partial charge in [0.25, 0.3) is 0 Å². The molecule has 0 saturated carbocycles. The Morgan fingerprint density at radius 3 is 2.38 bits per heavy atom. The van der Waals surface area contributed by atoms with Crippen molar-refractivity contribution in [1.29, 1.82) is 0 Å². The van der Waals surface area contributed by atoms with E-state index in [1.54, 1.807) is 11.8 Å². The monoisotopic (exact) mass is 335 g/mol. The van der Waals surface area contributed by atoms with Crippen LogP contribution in [0.4, 0.5) is 4.79 Å². The number of amides is 3. The molecule has 0 aliphatic rings. The van der Waals surface area contributed by atoms with Crippen LogP contribution < -0.4 is 10.6 Å². The number of carbonyl (C=O) groups is 3. The van der Waals surface area contributed by atoms with Gasteiger partial charge in [0, 0.05) is 6.54 Å². The average Bonchev–Trinajstić information content (AvgIpc) is 2.53.